The molecule has 81 heavy (non-hydrogen) atoms. The molecule has 0 heterocycles. The van der Waals surface area contributed by atoms with E-state index in [4.69, 9.17) is 0 Å². The Morgan fingerprint density at radius 1 is 0.0988 bits per heavy atom. The fourth-order valence-corrected chi connectivity index (χ4v) is 15.3. The minimum Gasteiger partial charge on any atom is -0.0654 e. The molecule has 0 spiro atoms. The van der Waals surface area contributed by atoms with Crippen molar-refractivity contribution >= 4 is 0 Å². The van der Waals surface area contributed by atoms with E-state index in [-0.39, 0.29) is 0 Å². The second-order valence-electron chi connectivity index (χ2n) is 28.6. The highest BCUT2D eigenvalue weighted by atomic mass is 14.5. The van der Waals surface area contributed by atoms with Crippen LogP contribution in [0, 0.1) is 10.8 Å². The molecule has 0 fully saturated rings. The summed E-state index contributed by atoms with van der Waals surface area (Å²) < 4.78 is 0. The zero-order valence-corrected chi connectivity index (χ0v) is 58.6. The van der Waals surface area contributed by atoms with Gasteiger partial charge in [-0.05, 0) is 49.4 Å². The van der Waals surface area contributed by atoms with E-state index >= 15 is 0 Å². The van der Waals surface area contributed by atoms with Gasteiger partial charge in [-0.2, -0.15) is 0 Å². The predicted octanol–water partition coefficient (Wildman–Crippen LogP) is 31.6. The summed E-state index contributed by atoms with van der Waals surface area (Å²) in [6.45, 7) is 14.2. The van der Waals surface area contributed by atoms with Crippen molar-refractivity contribution in [3.05, 3.63) is 0 Å². The highest BCUT2D eigenvalue weighted by molar-refractivity contribution is 4.98. The average Bonchev–Trinajstić information content (AvgIpc) is 3.53. The van der Waals surface area contributed by atoms with Gasteiger partial charge in [0.15, 0.2) is 0 Å². The molecule has 0 aromatic carbocycles. The van der Waals surface area contributed by atoms with Crippen molar-refractivity contribution in [2.24, 2.45) is 10.8 Å². The molecular formula is C81H164. The van der Waals surface area contributed by atoms with Crippen LogP contribution in [0.15, 0.2) is 0 Å². The molecule has 0 amide bonds. The molecule has 0 saturated heterocycles. The second kappa shape index (κ2) is 69.1. The molecule has 0 nitrogen and oxygen atoms in total. The first kappa shape index (κ1) is 81.0. The Bertz CT molecular complexity index is 1090. The molecule has 0 aliphatic rings. The Morgan fingerprint density at radius 2 is 0.173 bits per heavy atom. The van der Waals surface area contributed by atoms with Crippen LogP contribution in [-0.2, 0) is 0 Å². The van der Waals surface area contributed by atoms with Crippen LogP contribution in [0.5, 0.6) is 0 Å². The predicted molar refractivity (Wildman–Crippen MR) is 376 cm³/mol. The van der Waals surface area contributed by atoms with E-state index in [1.807, 2.05) is 0 Å². The van der Waals surface area contributed by atoms with Crippen molar-refractivity contribution in [2.45, 2.75) is 510 Å². The molecule has 2 atom stereocenters. The summed E-state index contributed by atoms with van der Waals surface area (Å²) in [6.07, 6.45) is 109. The van der Waals surface area contributed by atoms with Crippen molar-refractivity contribution in [2.75, 3.05) is 0 Å². The van der Waals surface area contributed by atoms with Crippen LogP contribution in [0.3, 0.4) is 0 Å². The van der Waals surface area contributed by atoms with Crippen molar-refractivity contribution < 1.29 is 0 Å². The van der Waals surface area contributed by atoms with Gasteiger partial charge in [-0.25, -0.2) is 0 Å². The van der Waals surface area contributed by atoms with Crippen LogP contribution in [0.1, 0.15) is 510 Å². The van der Waals surface area contributed by atoms with Gasteiger partial charge < -0.3 is 0 Å². The standard InChI is InChI=1S/C81H164/c1-7-13-19-25-31-37-42-45-49-55-61-67-73-79-81(76-70-64-58-52-46-40-34-28-22-16-10-4,78-72-66-60-54-48-44-39-33-27-21-15-9-3)80(74-68-62-56-50-36-30-24-18-12-6,75-69-63-57-51-41-35-29-23-17-11-5)77-71-65-59-53-47-43-38-32-26-20-14-8-2/h7-79H2,1-6H3. The lowest BCUT2D eigenvalue weighted by atomic mass is 9.51. The summed E-state index contributed by atoms with van der Waals surface area (Å²) in [5.74, 6) is 0. The molecule has 0 aromatic heterocycles. The molecule has 0 radical (unpaired) electrons. The molecule has 0 saturated carbocycles. The molecule has 0 aromatic rings. The summed E-state index contributed by atoms with van der Waals surface area (Å²) >= 11 is 0. The van der Waals surface area contributed by atoms with Crippen LogP contribution in [-0.4, -0.2) is 0 Å². The molecule has 0 bridgehead atoms. The van der Waals surface area contributed by atoms with Crippen LogP contribution in [0.4, 0.5) is 0 Å². The molecule has 0 aliphatic carbocycles. The van der Waals surface area contributed by atoms with Gasteiger partial charge >= 0.3 is 0 Å². The average molecular weight is 1140 g/mol. The maximum Gasteiger partial charge on any atom is -0.0241 e. The highest BCUT2D eigenvalue weighted by Crippen LogP contribution is 2.59. The van der Waals surface area contributed by atoms with Crippen molar-refractivity contribution in [3.8, 4) is 0 Å². The lowest BCUT2D eigenvalue weighted by molar-refractivity contribution is -0.0310. The van der Waals surface area contributed by atoms with E-state index in [0.717, 1.165) is 0 Å². The molecule has 0 rings (SSSR count). The molecule has 488 valence electrons. The van der Waals surface area contributed by atoms with Crippen molar-refractivity contribution in [1.82, 2.24) is 0 Å². The number of rotatable bonds is 74. The van der Waals surface area contributed by atoms with Gasteiger partial charge in [0, 0.05) is 0 Å². The van der Waals surface area contributed by atoms with Gasteiger partial charge in [0.1, 0.15) is 0 Å². The van der Waals surface area contributed by atoms with E-state index < -0.39 is 0 Å². The van der Waals surface area contributed by atoms with E-state index in [1.54, 1.807) is 38.5 Å². The number of unbranched alkanes of at least 4 members (excludes halogenated alkanes) is 61. The second-order valence-corrected chi connectivity index (χ2v) is 28.6. The van der Waals surface area contributed by atoms with Gasteiger partial charge in [-0.15, -0.1) is 0 Å². The molecule has 2 unspecified atom stereocenters. The Labute approximate surface area is 518 Å². The third-order valence-electron chi connectivity index (χ3n) is 20.9. The van der Waals surface area contributed by atoms with Gasteiger partial charge in [0.25, 0.3) is 0 Å². The Morgan fingerprint density at radius 3 is 0.259 bits per heavy atom. The zero-order chi connectivity index (χ0) is 58.6. The summed E-state index contributed by atoms with van der Waals surface area (Å²) in [6, 6.07) is 0. The minimum absolute atomic E-state index is 0.555. The van der Waals surface area contributed by atoms with Crippen molar-refractivity contribution in [3.63, 3.8) is 0 Å². The van der Waals surface area contributed by atoms with E-state index in [2.05, 4.69) is 41.5 Å². The summed E-state index contributed by atoms with van der Waals surface area (Å²) in [7, 11) is 0. The third kappa shape index (κ3) is 55.1. The first-order chi connectivity index (χ1) is 40.1. The van der Waals surface area contributed by atoms with Crippen LogP contribution in [0.2, 0.25) is 0 Å². The first-order valence-electron chi connectivity index (χ1n) is 40.1. The van der Waals surface area contributed by atoms with Gasteiger partial charge in [0.05, 0.1) is 0 Å². The van der Waals surface area contributed by atoms with Crippen LogP contribution >= 0.6 is 0 Å². The summed E-state index contributed by atoms with van der Waals surface area (Å²) in [4.78, 5) is 0. The largest absolute Gasteiger partial charge is 0.0654 e. The normalized spacial score (nSPS) is 13.4. The van der Waals surface area contributed by atoms with Crippen LogP contribution in [0.25, 0.3) is 0 Å². The quantitative estimate of drug-likeness (QED) is 0.0533. The van der Waals surface area contributed by atoms with E-state index in [0.29, 0.717) is 10.8 Å². The highest BCUT2D eigenvalue weighted by Gasteiger charge is 2.48. The number of hydrogen-bond donors (Lipinski definition) is 0. The van der Waals surface area contributed by atoms with E-state index in [1.165, 1.54) is 430 Å². The topological polar surface area (TPSA) is 0 Å². The van der Waals surface area contributed by atoms with Crippen LogP contribution < -0.4 is 0 Å². The smallest absolute Gasteiger partial charge is 0.0241 e. The molecule has 0 aliphatic heterocycles. The van der Waals surface area contributed by atoms with E-state index in [9.17, 15) is 0 Å². The molecule has 0 heteroatoms. The monoisotopic (exact) mass is 1140 g/mol. The molecule has 0 N–H and O–H groups in total. The zero-order valence-electron chi connectivity index (χ0n) is 58.6. The maximum absolute atomic E-state index is 2.38. The minimum atomic E-state index is 0.555. The Hall–Kier alpha value is 0. The Kier molecular flexibility index (Phi) is 69.1. The first-order valence-corrected chi connectivity index (χ1v) is 40.1. The lowest BCUT2D eigenvalue weighted by Gasteiger charge is -2.53. The lowest BCUT2D eigenvalue weighted by Crippen LogP contribution is -2.43. The fourth-order valence-electron chi connectivity index (χ4n) is 15.3. The fraction of sp³-hybridized carbons (Fsp3) is 1.00. The number of hydrogen-bond acceptors (Lipinski definition) is 0. The van der Waals surface area contributed by atoms with Gasteiger partial charge in [-0.1, -0.05) is 472 Å². The third-order valence-corrected chi connectivity index (χ3v) is 20.9. The SMILES string of the molecule is CCCCCCCCCCCCCCCC(CCCCCCCCCCCCC)(CCCCCCCCCCCCCC)C(CCCCCCCCCCC)(CCCCCCCCCCCC)CCCCCCCCCCCCCC. The summed E-state index contributed by atoms with van der Waals surface area (Å²) in [5.41, 5.74) is 1.11. The van der Waals surface area contributed by atoms with Gasteiger partial charge in [0.2, 0.25) is 0 Å². The Balaban J connectivity index is 6.77. The van der Waals surface area contributed by atoms with Crippen molar-refractivity contribution in [1.29, 1.82) is 0 Å². The summed E-state index contributed by atoms with van der Waals surface area (Å²) in [5, 5.41) is 0. The van der Waals surface area contributed by atoms with Gasteiger partial charge in [-0.3, -0.25) is 0 Å². The molecular weight excluding hydrogens is 973 g/mol. The maximum atomic E-state index is 2.38.